The van der Waals surface area contributed by atoms with Crippen LogP contribution in [0.25, 0.3) is 6.08 Å². The second-order valence-corrected chi connectivity index (χ2v) is 9.07. The minimum atomic E-state index is -0.769. The molecule has 1 atom stereocenters. The van der Waals surface area contributed by atoms with Gasteiger partial charge in [-0.25, -0.2) is 9.69 Å². The van der Waals surface area contributed by atoms with E-state index in [0.717, 1.165) is 26.0 Å². The van der Waals surface area contributed by atoms with Gasteiger partial charge in [0.1, 0.15) is 5.57 Å². The van der Waals surface area contributed by atoms with E-state index in [0.29, 0.717) is 29.4 Å². The zero-order valence-electron chi connectivity index (χ0n) is 19.3. The van der Waals surface area contributed by atoms with E-state index in [1.54, 1.807) is 18.2 Å². The summed E-state index contributed by atoms with van der Waals surface area (Å²) in [6.45, 7) is 10.1. The van der Waals surface area contributed by atoms with Crippen LogP contribution in [0.5, 0.6) is 11.5 Å². The van der Waals surface area contributed by atoms with Crippen molar-refractivity contribution in [2.75, 3.05) is 11.5 Å². The van der Waals surface area contributed by atoms with Crippen molar-refractivity contribution in [2.24, 2.45) is 0 Å². The first-order valence-electron chi connectivity index (χ1n) is 10.8. The lowest BCUT2D eigenvalue weighted by Gasteiger charge is -2.27. The van der Waals surface area contributed by atoms with Crippen LogP contribution >= 0.6 is 22.6 Å². The minimum absolute atomic E-state index is 0.00461. The Morgan fingerprint density at radius 2 is 1.73 bits per heavy atom. The molecule has 1 aliphatic rings. The van der Waals surface area contributed by atoms with E-state index in [1.165, 1.54) is 6.08 Å². The third-order valence-corrected chi connectivity index (χ3v) is 5.90. The molecule has 8 heteroatoms. The third kappa shape index (κ3) is 5.55. The summed E-state index contributed by atoms with van der Waals surface area (Å²) in [5.41, 5.74) is 2.67. The summed E-state index contributed by atoms with van der Waals surface area (Å²) in [4.78, 5) is 39.3. The average Bonchev–Trinajstić information content (AvgIpc) is 2.72. The maximum Gasteiger partial charge on any atom is 0.335 e. The summed E-state index contributed by atoms with van der Waals surface area (Å²) in [5, 5.41) is 2.27. The normalized spacial score (nSPS) is 16.1. The van der Waals surface area contributed by atoms with Crippen LogP contribution in [0.15, 0.2) is 35.9 Å². The van der Waals surface area contributed by atoms with Crippen molar-refractivity contribution in [1.82, 2.24) is 5.32 Å². The Morgan fingerprint density at radius 1 is 1.06 bits per heavy atom. The van der Waals surface area contributed by atoms with Crippen LogP contribution in [0.2, 0.25) is 0 Å². The molecule has 0 bridgehead atoms. The van der Waals surface area contributed by atoms with Crippen molar-refractivity contribution in [3.8, 4) is 11.5 Å². The number of urea groups is 1. The average molecular weight is 562 g/mol. The molecule has 1 fully saturated rings. The number of benzene rings is 2. The molecule has 4 amide bonds. The van der Waals surface area contributed by atoms with E-state index in [2.05, 4.69) is 27.9 Å². The summed E-state index contributed by atoms with van der Waals surface area (Å²) >= 11 is 2.15. The Bertz CT molecular complexity index is 1120. The number of hydrogen-bond acceptors (Lipinski definition) is 5. The highest BCUT2D eigenvalue weighted by Gasteiger charge is 2.37. The van der Waals surface area contributed by atoms with Crippen molar-refractivity contribution in [3.05, 3.63) is 56.2 Å². The summed E-state index contributed by atoms with van der Waals surface area (Å²) in [7, 11) is 0. The summed E-state index contributed by atoms with van der Waals surface area (Å²) in [6, 6.07) is 8.18. The predicted molar refractivity (Wildman–Crippen MR) is 136 cm³/mol. The first-order chi connectivity index (χ1) is 15.6. The minimum Gasteiger partial charge on any atom is -0.490 e. The number of imide groups is 2. The second kappa shape index (κ2) is 10.4. The van der Waals surface area contributed by atoms with E-state index < -0.39 is 17.8 Å². The van der Waals surface area contributed by atoms with Crippen LogP contribution in [0.4, 0.5) is 10.5 Å². The maximum atomic E-state index is 13.2. The van der Waals surface area contributed by atoms with E-state index in [4.69, 9.17) is 9.47 Å². The van der Waals surface area contributed by atoms with E-state index in [1.807, 2.05) is 46.8 Å². The number of rotatable bonds is 7. The fraction of sp³-hybridized carbons (Fsp3) is 0.320. The number of amides is 4. The summed E-state index contributed by atoms with van der Waals surface area (Å²) in [6.07, 6.45) is 2.31. The number of barbiturate groups is 1. The summed E-state index contributed by atoms with van der Waals surface area (Å²) < 4.78 is 12.6. The van der Waals surface area contributed by atoms with Gasteiger partial charge in [0.2, 0.25) is 0 Å². The Labute approximate surface area is 207 Å². The first kappa shape index (κ1) is 24.8. The van der Waals surface area contributed by atoms with Gasteiger partial charge in [0, 0.05) is 0 Å². The zero-order chi connectivity index (χ0) is 24.3. The first-order valence-corrected chi connectivity index (χ1v) is 11.8. The third-order valence-electron chi connectivity index (χ3n) is 5.10. The van der Waals surface area contributed by atoms with Gasteiger partial charge in [-0.05, 0) is 104 Å². The Balaban J connectivity index is 2.04. The highest BCUT2D eigenvalue weighted by Crippen LogP contribution is 2.36. The van der Waals surface area contributed by atoms with Gasteiger partial charge in [0.15, 0.2) is 11.5 Å². The molecule has 2 aromatic carbocycles. The second-order valence-electron chi connectivity index (χ2n) is 7.90. The van der Waals surface area contributed by atoms with Gasteiger partial charge in [0.05, 0.1) is 22.0 Å². The lowest BCUT2D eigenvalue weighted by Crippen LogP contribution is -2.54. The number of carbonyl (C=O) groups excluding carboxylic acids is 3. The number of aryl methyl sites for hydroxylation is 2. The van der Waals surface area contributed by atoms with Crippen LogP contribution in [0.1, 0.15) is 43.9 Å². The molecule has 0 spiro atoms. The highest BCUT2D eigenvalue weighted by atomic mass is 127. The van der Waals surface area contributed by atoms with Gasteiger partial charge in [-0.2, -0.15) is 0 Å². The molecule has 1 N–H and O–H groups in total. The predicted octanol–water partition coefficient (Wildman–Crippen LogP) is 5.15. The fourth-order valence-corrected chi connectivity index (χ4v) is 4.22. The van der Waals surface area contributed by atoms with Gasteiger partial charge in [-0.15, -0.1) is 0 Å². The largest absolute Gasteiger partial charge is 0.490 e. The van der Waals surface area contributed by atoms with Crippen molar-refractivity contribution < 1.29 is 23.9 Å². The van der Waals surface area contributed by atoms with Gasteiger partial charge >= 0.3 is 6.03 Å². The molecule has 33 heavy (non-hydrogen) atoms. The Morgan fingerprint density at radius 3 is 2.33 bits per heavy atom. The number of carbonyl (C=O) groups is 3. The molecule has 174 valence electrons. The number of nitrogens with one attached hydrogen (secondary N) is 1. The topological polar surface area (TPSA) is 84.9 Å². The molecule has 0 unspecified atom stereocenters. The summed E-state index contributed by atoms with van der Waals surface area (Å²) in [5.74, 6) is -0.261. The number of ether oxygens (including phenoxy) is 2. The monoisotopic (exact) mass is 562 g/mol. The maximum absolute atomic E-state index is 13.2. The Kier molecular flexibility index (Phi) is 7.78. The standard InChI is InChI=1S/C25H27IN2O5/c1-6-16(5)33-22-20(26)12-17(13-21(22)32-7-2)11-19-23(29)27-25(31)28(24(19)30)18-9-14(3)8-15(4)10-18/h8-13,16H,6-7H2,1-5H3,(H,27,29,31)/b19-11+/t16-/m1/s1. The smallest absolute Gasteiger partial charge is 0.335 e. The molecule has 0 aliphatic carbocycles. The van der Waals surface area contributed by atoms with E-state index in [9.17, 15) is 14.4 Å². The number of hydrogen-bond donors (Lipinski definition) is 1. The van der Waals surface area contributed by atoms with Crippen LogP contribution in [0, 0.1) is 17.4 Å². The van der Waals surface area contributed by atoms with Gasteiger partial charge in [0.25, 0.3) is 11.8 Å². The molecule has 2 aromatic rings. The van der Waals surface area contributed by atoms with Crippen LogP contribution in [0.3, 0.4) is 0 Å². The van der Waals surface area contributed by atoms with Crippen molar-refractivity contribution >= 4 is 52.2 Å². The van der Waals surface area contributed by atoms with Gasteiger partial charge in [-0.3, -0.25) is 14.9 Å². The SMILES string of the molecule is CCOc1cc(/C=C2\C(=O)NC(=O)N(c3cc(C)cc(C)c3)C2=O)cc(I)c1O[C@H](C)CC. The molecule has 7 nitrogen and oxygen atoms in total. The van der Waals surface area contributed by atoms with Crippen molar-refractivity contribution in [2.45, 2.75) is 47.1 Å². The Hall–Kier alpha value is -2.88. The quantitative estimate of drug-likeness (QED) is 0.287. The number of nitrogens with zero attached hydrogens (tertiary/aromatic N) is 1. The molecular formula is C25H27IN2O5. The fourth-order valence-electron chi connectivity index (χ4n) is 3.47. The van der Waals surface area contributed by atoms with Crippen molar-refractivity contribution in [1.29, 1.82) is 0 Å². The van der Waals surface area contributed by atoms with E-state index in [-0.39, 0.29) is 11.7 Å². The van der Waals surface area contributed by atoms with Gasteiger partial charge in [-0.1, -0.05) is 13.0 Å². The molecule has 0 radical (unpaired) electrons. The van der Waals surface area contributed by atoms with Crippen molar-refractivity contribution in [3.63, 3.8) is 0 Å². The molecule has 1 saturated heterocycles. The molecule has 0 saturated carbocycles. The molecule has 0 aromatic heterocycles. The molecular weight excluding hydrogens is 535 g/mol. The van der Waals surface area contributed by atoms with Crippen LogP contribution in [-0.2, 0) is 9.59 Å². The molecule has 3 rings (SSSR count). The number of halogens is 1. The van der Waals surface area contributed by atoms with Gasteiger partial charge < -0.3 is 9.47 Å². The molecule has 1 heterocycles. The zero-order valence-corrected chi connectivity index (χ0v) is 21.5. The van der Waals surface area contributed by atoms with E-state index >= 15 is 0 Å². The number of anilines is 1. The lowest BCUT2D eigenvalue weighted by molar-refractivity contribution is -0.122. The van der Waals surface area contributed by atoms with Crippen LogP contribution in [-0.4, -0.2) is 30.6 Å². The van der Waals surface area contributed by atoms with Crippen LogP contribution < -0.4 is 19.7 Å². The highest BCUT2D eigenvalue weighted by molar-refractivity contribution is 14.1. The molecule has 1 aliphatic heterocycles. The lowest BCUT2D eigenvalue weighted by atomic mass is 10.0.